The average molecular weight is 403 g/mol. The molecule has 3 heterocycles. The Bertz CT molecular complexity index is 1210. The van der Waals surface area contributed by atoms with E-state index in [1.54, 1.807) is 0 Å². The van der Waals surface area contributed by atoms with Gasteiger partial charge in [0.05, 0.1) is 11.4 Å². The molecule has 2 amide bonds. The minimum absolute atomic E-state index is 0.0468. The Balaban J connectivity index is 1.52. The Labute approximate surface area is 170 Å². The zero-order chi connectivity index (χ0) is 20.0. The second-order valence-electron chi connectivity index (χ2n) is 6.87. The van der Waals surface area contributed by atoms with Crippen LogP contribution in [0, 0.1) is 0 Å². The number of hydrogen-bond acceptors (Lipinski definition) is 5. The molecule has 5 rings (SSSR count). The summed E-state index contributed by atoms with van der Waals surface area (Å²) in [5, 5.41) is 1.52. The lowest BCUT2D eigenvalue weighted by Gasteiger charge is -2.25. The third-order valence-electron chi connectivity index (χ3n) is 4.98. The van der Waals surface area contributed by atoms with Crippen LogP contribution in [0.5, 0.6) is 0 Å². The zero-order valence-corrected chi connectivity index (χ0v) is 16.1. The van der Waals surface area contributed by atoms with Gasteiger partial charge in [-0.2, -0.15) is 0 Å². The molecule has 0 saturated heterocycles. The number of carbonyl (C=O) groups excluding carboxylic acids is 2. The molecular formula is C21H17N5O2S. The summed E-state index contributed by atoms with van der Waals surface area (Å²) in [6.07, 6.45) is 2.42. The zero-order valence-electron chi connectivity index (χ0n) is 15.3. The van der Waals surface area contributed by atoms with E-state index in [1.807, 2.05) is 54.7 Å². The third-order valence-corrected chi connectivity index (χ3v) is 5.94. The van der Waals surface area contributed by atoms with Gasteiger partial charge in [-0.3, -0.25) is 14.6 Å². The van der Waals surface area contributed by atoms with E-state index in [4.69, 9.17) is 10.7 Å². The van der Waals surface area contributed by atoms with Gasteiger partial charge in [-0.25, -0.2) is 9.89 Å². The number of aromatic amines is 1. The van der Waals surface area contributed by atoms with Crippen molar-refractivity contribution < 1.29 is 9.59 Å². The normalized spacial score (nSPS) is 17.7. The predicted octanol–water partition coefficient (Wildman–Crippen LogP) is 2.59. The molecule has 0 fully saturated rings. The molecule has 0 bridgehead atoms. The number of nitrogens with one attached hydrogen (secondary N) is 1. The number of benzene rings is 2. The molecule has 29 heavy (non-hydrogen) atoms. The summed E-state index contributed by atoms with van der Waals surface area (Å²) in [4.78, 5) is 38.6. The molecular weight excluding hydrogens is 386 g/mol. The van der Waals surface area contributed by atoms with Gasteiger partial charge in [0.2, 0.25) is 5.91 Å². The molecule has 0 radical (unpaired) electrons. The van der Waals surface area contributed by atoms with Crippen LogP contribution in [0.1, 0.15) is 11.1 Å². The van der Waals surface area contributed by atoms with E-state index < -0.39 is 11.9 Å². The van der Waals surface area contributed by atoms with Crippen molar-refractivity contribution >= 4 is 51.2 Å². The van der Waals surface area contributed by atoms with Crippen LogP contribution in [0.2, 0.25) is 0 Å². The number of nitrogens with zero attached hydrogens (tertiary/aromatic N) is 3. The summed E-state index contributed by atoms with van der Waals surface area (Å²) < 4.78 is 0. The minimum atomic E-state index is -0.547. The van der Waals surface area contributed by atoms with Gasteiger partial charge in [-0.1, -0.05) is 42.1 Å². The monoisotopic (exact) mass is 403 g/mol. The van der Waals surface area contributed by atoms with E-state index in [-0.39, 0.29) is 11.7 Å². The number of thioether (sulfide) groups is 1. The number of amides is 2. The van der Waals surface area contributed by atoms with Crippen molar-refractivity contribution in [2.24, 2.45) is 15.7 Å². The van der Waals surface area contributed by atoms with Gasteiger partial charge in [-0.15, -0.1) is 0 Å². The van der Waals surface area contributed by atoms with Crippen LogP contribution in [-0.2, 0) is 16.0 Å². The average Bonchev–Trinajstić information content (AvgIpc) is 3.28. The number of nitrogens with two attached hydrogens (primary N) is 1. The van der Waals surface area contributed by atoms with Crippen LogP contribution >= 0.6 is 11.8 Å². The lowest BCUT2D eigenvalue weighted by molar-refractivity contribution is -0.124. The highest BCUT2D eigenvalue weighted by molar-refractivity contribution is 8.14. The molecule has 1 unspecified atom stereocenters. The Morgan fingerprint density at radius 2 is 1.97 bits per heavy atom. The number of aromatic nitrogens is 1. The van der Waals surface area contributed by atoms with Crippen molar-refractivity contribution in [2.75, 3.05) is 5.75 Å². The fourth-order valence-electron chi connectivity index (χ4n) is 3.68. The van der Waals surface area contributed by atoms with Crippen LogP contribution in [0.3, 0.4) is 0 Å². The van der Waals surface area contributed by atoms with Crippen molar-refractivity contribution in [3.8, 4) is 0 Å². The number of carbonyl (C=O) groups is 2. The van der Waals surface area contributed by atoms with Crippen molar-refractivity contribution in [3.05, 3.63) is 65.9 Å². The number of hydrogen-bond donors (Lipinski definition) is 2. The van der Waals surface area contributed by atoms with Crippen molar-refractivity contribution in [1.29, 1.82) is 0 Å². The molecule has 7 nitrogen and oxygen atoms in total. The third kappa shape index (κ3) is 3.01. The molecule has 3 N–H and O–H groups in total. The Kier molecular flexibility index (Phi) is 4.21. The first-order valence-electron chi connectivity index (χ1n) is 9.18. The summed E-state index contributed by atoms with van der Waals surface area (Å²) in [6.45, 7) is 0. The second-order valence-corrected chi connectivity index (χ2v) is 7.81. The van der Waals surface area contributed by atoms with Crippen molar-refractivity contribution in [2.45, 2.75) is 12.5 Å². The molecule has 1 atom stereocenters. The highest BCUT2D eigenvalue weighted by Gasteiger charge is 2.41. The molecule has 2 aliphatic rings. The fraction of sp³-hybridized carbons (Fsp3) is 0.143. The van der Waals surface area contributed by atoms with E-state index in [0.29, 0.717) is 17.4 Å². The fourth-order valence-corrected chi connectivity index (χ4v) is 4.42. The molecule has 8 heteroatoms. The highest BCUT2D eigenvalue weighted by atomic mass is 32.2. The minimum Gasteiger partial charge on any atom is -0.369 e. The predicted molar refractivity (Wildman–Crippen MR) is 114 cm³/mol. The van der Waals surface area contributed by atoms with Crippen LogP contribution in [0.4, 0.5) is 5.69 Å². The molecule has 144 valence electrons. The first-order valence-corrected chi connectivity index (χ1v) is 10.2. The van der Waals surface area contributed by atoms with Crippen LogP contribution in [0.25, 0.3) is 10.9 Å². The maximum atomic E-state index is 13.3. The lowest BCUT2D eigenvalue weighted by Crippen LogP contribution is -2.41. The van der Waals surface area contributed by atoms with Crippen LogP contribution in [0.15, 0.2) is 64.7 Å². The van der Waals surface area contributed by atoms with E-state index >= 15 is 0 Å². The lowest BCUT2D eigenvalue weighted by atomic mass is 10.1. The molecule has 0 saturated carbocycles. The largest absolute Gasteiger partial charge is 0.369 e. The van der Waals surface area contributed by atoms with E-state index in [1.165, 1.54) is 4.90 Å². The smallest absolute Gasteiger partial charge is 0.259 e. The van der Waals surface area contributed by atoms with Crippen LogP contribution in [-0.4, -0.2) is 44.5 Å². The van der Waals surface area contributed by atoms with Gasteiger partial charge in [0, 0.05) is 29.1 Å². The molecule has 2 aromatic carbocycles. The summed E-state index contributed by atoms with van der Waals surface area (Å²) in [7, 11) is 0. The van der Waals surface area contributed by atoms with Crippen LogP contribution < -0.4 is 5.73 Å². The number of fused-ring (bicyclic) bond motifs is 4. The van der Waals surface area contributed by atoms with Gasteiger partial charge in [-0.05, 0) is 23.8 Å². The summed E-state index contributed by atoms with van der Waals surface area (Å²) in [5.41, 5.74) is 8.91. The van der Waals surface area contributed by atoms with E-state index in [0.717, 1.165) is 39.5 Å². The Morgan fingerprint density at radius 1 is 1.17 bits per heavy atom. The molecule has 1 aromatic heterocycles. The Morgan fingerprint density at radius 3 is 2.83 bits per heavy atom. The van der Waals surface area contributed by atoms with Gasteiger partial charge in [0.15, 0.2) is 5.17 Å². The van der Waals surface area contributed by atoms with Gasteiger partial charge in [0.1, 0.15) is 11.9 Å². The van der Waals surface area contributed by atoms with Gasteiger partial charge < -0.3 is 10.7 Å². The van der Waals surface area contributed by atoms with Crippen molar-refractivity contribution in [3.63, 3.8) is 0 Å². The number of H-pyrrole nitrogens is 1. The highest BCUT2D eigenvalue weighted by Crippen LogP contribution is 2.34. The Hall–Kier alpha value is -3.39. The standard InChI is InChI=1S/C21H17N5O2S/c22-18(27)11-29-21-25-16-8-4-2-6-14(16)19-24-17(20(28)26(19)21)9-12-10-23-15-7-3-1-5-13(12)15/h1-8,10,17,23H,9,11H2,(H2,22,27). The molecule has 2 aliphatic heterocycles. The first kappa shape index (κ1) is 17.7. The summed E-state index contributed by atoms with van der Waals surface area (Å²) in [6, 6.07) is 15.0. The second kappa shape index (κ2) is 6.89. The maximum absolute atomic E-state index is 13.3. The SMILES string of the molecule is NC(=O)CSC1=Nc2ccccc2C2=NC(Cc3c[nH]c4ccccc34)C(=O)N12. The topological polar surface area (TPSA) is 104 Å². The van der Waals surface area contributed by atoms with Gasteiger partial charge in [0.25, 0.3) is 5.91 Å². The molecule has 3 aromatic rings. The number of amidine groups is 2. The van der Waals surface area contributed by atoms with Gasteiger partial charge >= 0.3 is 0 Å². The van der Waals surface area contributed by atoms with E-state index in [2.05, 4.69) is 9.98 Å². The molecule has 0 aliphatic carbocycles. The first-order chi connectivity index (χ1) is 14.1. The maximum Gasteiger partial charge on any atom is 0.259 e. The van der Waals surface area contributed by atoms with Crippen molar-refractivity contribution in [1.82, 2.24) is 9.88 Å². The number of primary amides is 1. The van der Waals surface area contributed by atoms with E-state index in [9.17, 15) is 9.59 Å². The number of rotatable bonds is 4. The summed E-state index contributed by atoms with van der Waals surface area (Å²) in [5.74, 6) is 0.0236. The molecule has 0 spiro atoms. The quantitative estimate of drug-likeness (QED) is 0.700. The number of aliphatic imine (C=N–C) groups is 2. The number of para-hydroxylation sites is 2. The summed E-state index contributed by atoms with van der Waals surface area (Å²) >= 11 is 1.16.